The van der Waals surface area contributed by atoms with Gasteiger partial charge in [0.1, 0.15) is 0 Å². The number of morpholine rings is 1. The SMILES string of the molecule is O=C1NC[C@@H](CCC(=O)N2CCOCC2)N2C[C@H](NC(=S)Nc3ccc(-n4cccn4)cc3)C[C@@H]12. The summed E-state index contributed by atoms with van der Waals surface area (Å²) >= 11 is 5.55. The highest BCUT2D eigenvalue weighted by Gasteiger charge is 2.43. The van der Waals surface area contributed by atoms with E-state index < -0.39 is 0 Å². The number of rotatable bonds is 6. The molecule has 5 rings (SSSR count). The minimum absolute atomic E-state index is 0.0538. The van der Waals surface area contributed by atoms with E-state index in [-0.39, 0.29) is 29.9 Å². The molecule has 35 heavy (non-hydrogen) atoms. The number of carbonyl (C=O) groups is 2. The van der Waals surface area contributed by atoms with Crippen molar-refractivity contribution in [2.75, 3.05) is 44.7 Å². The maximum Gasteiger partial charge on any atom is 0.237 e. The fourth-order valence-electron chi connectivity index (χ4n) is 5.08. The quantitative estimate of drug-likeness (QED) is 0.502. The fraction of sp³-hybridized carbons (Fsp3) is 0.500. The van der Waals surface area contributed by atoms with Crippen molar-refractivity contribution in [1.82, 2.24) is 30.2 Å². The molecule has 4 heterocycles. The summed E-state index contributed by atoms with van der Waals surface area (Å²) in [6, 6.07) is 9.75. The molecule has 186 valence electrons. The molecule has 1 aromatic heterocycles. The van der Waals surface area contributed by atoms with Gasteiger partial charge in [-0.1, -0.05) is 0 Å². The van der Waals surface area contributed by atoms with Crippen LogP contribution in [0.15, 0.2) is 42.7 Å². The molecule has 0 spiro atoms. The second-order valence-electron chi connectivity index (χ2n) is 9.17. The van der Waals surface area contributed by atoms with Crippen molar-refractivity contribution in [3.05, 3.63) is 42.7 Å². The average molecular weight is 498 g/mol. The first-order valence-corrected chi connectivity index (χ1v) is 12.5. The number of piperazine rings is 1. The summed E-state index contributed by atoms with van der Waals surface area (Å²) in [6.07, 6.45) is 5.53. The van der Waals surface area contributed by atoms with Gasteiger partial charge in [0, 0.05) is 62.8 Å². The topological polar surface area (TPSA) is 104 Å². The second-order valence-corrected chi connectivity index (χ2v) is 9.58. The molecular formula is C24H31N7O3S. The van der Waals surface area contributed by atoms with E-state index >= 15 is 0 Å². The molecule has 0 radical (unpaired) electrons. The molecule has 3 atom stereocenters. The first-order chi connectivity index (χ1) is 17.1. The van der Waals surface area contributed by atoms with Crippen molar-refractivity contribution in [3.63, 3.8) is 0 Å². The molecule has 3 aliphatic rings. The number of hydrogen-bond donors (Lipinski definition) is 3. The zero-order chi connectivity index (χ0) is 24.2. The standard InChI is InChI=1S/C24H31N7O3S/c32-22(29-10-12-34-13-11-29)7-6-20-15-25-23(33)21-14-18(16-30(20)21)28-24(35)27-17-2-4-19(5-3-17)31-9-1-8-26-31/h1-5,8-9,18,20-21H,6-7,10-16H2,(H,25,33)(H2,27,28,35)/t18-,20-,21+/m1/s1. The van der Waals surface area contributed by atoms with Crippen LogP contribution in [0.2, 0.25) is 0 Å². The van der Waals surface area contributed by atoms with E-state index in [2.05, 4.69) is 25.9 Å². The largest absolute Gasteiger partial charge is 0.378 e. The second kappa shape index (κ2) is 10.7. The van der Waals surface area contributed by atoms with Crippen LogP contribution in [0.4, 0.5) is 5.69 Å². The molecule has 3 saturated heterocycles. The zero-order valence-electron chi connectivity index (χ0n) is 19.6. The van der Waals surface area contributed by atoms with Gasteiger partial charge in [-0.15, -0.1) is 0 Å². The Morgan fingerprint density at radius 1 is 1.23 bits per heavy atom. The third kappa shape index (κ3) is 5.63. The first kappa shape index (κ1) is 23.7. The number of amides is 2. The van der Waals surface area contributed by atoms with E-state index in [1.807, 2.05) is 41.4 Å². The van der Waals surface area contributed by atoms with E-state index in [0.717, 1.165) is 17.8 Å². The summed E-state index contributed by atoms with van der Waals surface area (Å²) in [6.45, 7) is 3.83. The average Bonchev–Trinajstić information content (AvgIpc) is 3.55. The summed E-state index contributed by atoms with van der Waals surface area (Å²) in [7, 11) is 0. The Morgan fingerprint density at radius 2 is 2.03 bits per heavy atom. The highest BCUT2D eigenvalue weighted by atomic mass is 32.1. The summed E-state index contributed by atoms with van der Waals surface area (Å²) in [5.41, 5.74) is 1.85. The van der Waals surface area contributed by atoms with Gasteiger partial charge in [0.05, 0.1) is 24.9 Å². The lowest BCUT2D eigenvalue weighted by Crippen LogP contribution is -2.58. The molecule has 3 N–H and O–H groups in total. The van der Waals surface area contributed by atoms with Gasteiger partial charge >= 0.3 is 0 Å². The van der Waals surface area contributed by atoms with Crippen LogP contribution in [-0.4, -0.2) is 94.0 Å². The van der Waals surface area contributed by atoms with Gasteiger partial charge in [0.15, 0.2) is 5.11 Å². The smallest absolute Gasteiger partial charge is 0.237 e. The van der Waals surface area contributed by atoms with E-state index in [1.165, 1.54) is 0 Å². The van der Waals surface area contributed by atoms with Gasteiger partial charge in [-0.25, -0.2) is 4.68 Å². The molecule has 0 saturated carbocycles. The van der Waals surface area contributed by atoms with Crippen LogP contribution in [0, 0.1) is 0 Å². The van der Waals surface area contributed by atoms with Crippen LogP contribution in [0.1, 0.15) is 19.3 Å². The van der Waals surface area contributed by atoms with Crippen LogP contribution in [-0.2, 0) is 14.3 Å². The summed E-state index contributed by atoms with van der Waals surface area (Å²) in [5.74, 6) is 0.220. The molecule has 2 aromatic rings. The Labute approximate surface area is 210 Å². The lowest BCUT2D eigenvalue weighted by atomic mass is 10.0. The van der Waals surface area contributed by atoms with Crippen molar-refractivity contribution in [1.29, 1.82) is 0 Å². The molecule has 11 heteroatoms. The monoisotopic (exact) mass is 497 g/mol. The van der Waals surface area contributed by atoms with Gasteiger partial charge < -0.3 is 25.6 Å². The van der Waals surface area contributed by atoms with Crippen LogP contribution in [0.25, 0.3) is 5.69 Å². The number of hydrogen-bond acceptors (Lipinski definition) is 6. The number of nitrogens with one attached hydrogen (secondary N) is 3. The number of ether oxygens (including phenoxy) is 1. The Balaban J connectivity index is 1.13. The number of carbonyl (C=O) groups excluding carboxylic acids is 2. The third-order valence-electron chi connectivity index (χ3n) is 6.91. The Hall–Kier alpha value is -3.02. The summed E-state index contributed by atoms with van der Waals surface area (Å²) in [5, 5.41) is 14.4. The predicted molar refractivity (Wildman–Crippen MR) is 135 cm³/mol. The Kier molecular flexibility index (Phi) is 7.26. The molecule has 10 nitrogen and oxygen atoms in total. The number of anilines is 1. The lowest BCUT2D eigenvalue weighted by Gasteiger charge is -2.37. The minimum Gasteiger partial charge on any atom is -0.378 e. The molecule has 0 unspecified atom stereocenters. The van der Waals surface area contributed by atoms with Crippen molar-refractivity contribution >= 4 is 34.8 Å². The molecule has 2 amide bonds. The highest BCUT2D eigenvalue weighted by Crippen LogP contribution is 2.26. The van der Waals surface area contributed by atoms with Gasteiger partial charge in [-0.05, 0) is 55.4 Å². The van der Waals surface area contributed by atoms with Crippen LogP contribution in [0.5, 0.6) is 0 Å². The van der Waals surface area contributed by atoms with Crippen LogP contribution >= 0.6 is 12.2 Å². The molecule has 3 aliphatic heterocycles. The third-order valence-corrected chi connectivity index (χ3v) is 7.13. The van der Waals surface area contributed by atoms with Gasteiger partial charge in [-0.3, -0.25) is 14.5 Å². The normalized spacial score (nSPS) is 24.5. The maximum absolute atomic E-state index is 12.6. The summed E-state index contributed by atoms with van der Waals surface area (Å²) < 4.78 is 7.14. The number of fused-ring (bicyclic) bond motifs is 1. The zero-order valence-corrected chi connectivity index (χ0v) is 20.4. The number of nitrogens with zero attached hydrogens (tertiary/aromatic N) is 4. The van der Waals surface area contributed by atoms with Crippen molar-refractivity contribution in [2.24, 2.45) is 0 Å². The number of aromatic nitrogens is 2. The van der Waals surface area contributed by atoms with Gasteiger partial charge in [0.25, 0.3) is 0 Å². The molecule has 0 bridgehead atoms. The van der Waals surface area contributed by atoms with Crippen LogP contribution < -0.4 is 16.0 Å². The van der Waals surface area contributed by atoms with Crippen LogP contribution in [0.3, 0.4) is 0 Å². The van der Waals surface area contributed by atoms with Crippen molar-refractivity contribution < 1.29 is 14.3 Å². The van der Waals surface area contributed by atoms with Crippen molar-refractivity contribution in [3.8, 4) is 5.69 Å². The van der Waals surface area contributed by atoms with Gasteiger partial charge in [0.2, 0.25) is 11.8 Å². The first-order valence-electron chi connectivity index (χ1n) is 12.1. The summed E-state index contributed by atoms with van der Waals surface area (Å²) in [4.78, 5) is 29.2. The highest BCUT2D eigenvalue weighted by molar-refractivity contribution is 7.80. The van der Waals surface area contributed by atoms with E-state index in [4.69, 9.17) is 17.0 Å². The van der Waals surface area contributed by atoms with Gasteiger partial charge in [-0.2, -0.15) is 5.10 Å². The van der Waals surface area contributed by atoms with E-state index in [9.17, 15) is 9.59 Å². The van der Waals surface area contributed by atoms with E-state index in [0.29, 0.717) is 57.3 Å². The lowest BCUT2D eigenvalue weighted by molar-refractivity contribution is -0.136. The molecule has 0 aliphatic carbocycles. The predicted octanol–water partition coefficient (Wildman–Crippen LogP) is 0.739. The number of thiocarbonyl (C=S) groups is 1. The molecule has 1 aromatic carbocycles. The molecule has 3 fully saturated rings. The van der Waals surface area contributed by atoms with E-state index in [1.54, 1.807) is 10.9 Å². The minimum atomic E-state index is -0.194. The Morgan fingerprint density at radius 3 is 2.77 bits per heavy atom. The Bertz CT molecular complexity index is 1040. The molecular weight excluding hydrogens is 466 g/mol. The number of benzene rings is 1. The van der Waals surface area contributed by atoms with Crippen molar-refractivity contribution in [2.45, 2.75) is 37.4 Å². The fourth-order valence-corrected chi connectivity index (χ4v) is 5.37. The maximum atomic E-state index is 12.6.